The molecule has 1 N–H and O–H groups in total. The first-order valence-electron chi connectivity index (χ1n) is 5.78. The van der Waals surface area contributed by atoms with Gasteiger partial charge in [-0.1, -0.05) is 30.3 Å². The number of hydrogen-bond acceptors (Lipinski definition) is 3. The number of hydrogen-bond donors (Lipinski definition) is 1. The molecule has 0 aliphatic rings. The van der Waals surface area contributed by atoms with E-state index in [0.29, 0.717) is 11.1 Å². The number of para-hydroxylation sites is 1. The maximum Gasteiger partial charge on any atom is 0.342 e. The third-order valence-electron chi connectivity index (χ3n) is 2.77. The fourth-order valence-electron chi connectivity index (χ4n) is 1.66. The van der Waals surface area contributed by atoms with Gasteiger partial charge in [-0.05, 0) is 24.6 Å². The van der Waals surface area contributed by atoms with Gasteiger partial charge in [-0.3, -0.25) is 0 Å². The van der Waals surface area contributed by atoms with Crippen LogP contribution in [0, 0.1) is 12.7 Å². The summed E-state index contributed by atoms with van der Waals surface area (Å²) in [4.78, 5) is 11.8. The zero-order chi connectivity index (χ0) is 13.8. The van der Waals surface area contributed by atoms with Crippen LogP contribution >= 0.6 is 0 Å². The molecule has 3 nitrogen and oxygen atoms in total. The fourth-order valence-corrected chi connectivity index (χ4v) is 1.66. The van der Waals surface area contributed by atoms with Crippen molar-refractivity contribution in [1.82, 2.24) is 0 Å². The Bertz CT molecular complexity index is 608. The second-order valence-corrected chi connectivity index (χ2v) is 4.14. The van der Waals surface area contributed by atoms with Gasteiger partial charge in [0.1, 0.15) is 23.7 Å². The van der Waals surface area contributed by atoms with E-state index in [0.717, 1.165) is 0 Å². The number of carbonyl (C=O) groups is 1. The molecule has 0 unspecified atom stereocenters. The summed E-state index contributed by atoms with van der Waals surface area (Å²) in [6.45, 7) is 1.52. The van der Waals surface area contributed by atoms with E-state index >= 15 is 0 Å². The summed E-state index contributed by atoms with van der Waals surface area (Å²) in [6, 6.07) is 10.9. The number of rotatable bonds is 3. The molecule has 0 amide bonds. The maximum absolute atomic E-state index is 13.3. The average Bonchev–Trinajstić information content (AvgIpc) is 2.40. The zero-order valence-electron chi connectivity index (χ0n) is 10.4. The van der Waals surface area contributed by atoms with E-state index in [4.69, 9.17) is 4.74 Å². The van der Waals surface area contributed by atoms with E-state index in [-0.39, 0.29) is 17.9 Å². The Hall–Kier alpha value is -2.36. The molecule has 0 atom stereocenters. The van der Waals surface area contributed by atoms with Gasteiger partial charge in [-0.15, -0.1) is 0 Å². The summed E-state index contributed by atoms with van der Waals surface area (Å²) in [5.74, 6) is -1.21. The number of aryl methyl sites for hydroxylation is 1. The summed E-state index contributed by atoms with van der Waals surface area (Å²) in [5, 5.41) is 9.74. The molecule has 0 spiro atoms. The van der Waals surface area contributed by atoms with Crippen molar-refractivity contribution in [2.24, 2.45) is 0 Å². The van der Waals surface area contributed by atoms with Crippen LogP contribution in [0.5, 0.6) is 5.75 Å². The van der Waals surface area contributed by atoms with E-state index < -0.39 is 11.8 Å². The molecule has 0 aromatic heterocycles. The normalized spacial score (nSPS) is 10.2. The lowest BCUT2D eigenvalue weighted by Gasteiger charge is -2.08. The monoisotopic (exact) mass is 260 g/mol. The van der Waals surface area contributed by atoms with Gasteiger partial charge < -0.3 is 9.84 Å². The Kier molecular flexibility index (Phi) is 3.80. The second-order valence-electron chi connectivity index (χ2n) is 4.14. The highest BCUT2D eigenvalue weighted by atomic mass is 19.1. The number of carbonyl (C=O) groups excluding carboxylic acids is 1. The molecule has 0 radical (unpaired) electrons. The number of phenolic OH excluding ortho intramolecular Hbond substituents is 1. The largest absolute Gasteiger partial charge is 0.507 e. The average molecular weight is 260 g/mol. The molecule has 19 heavy (non-hydrogen) atoms. The van der Waals surface area contributed by atoms with Gasteiger partial charge in [0.05, 0.1) is 0 Å². The molecule has 98 valence electrons. The van der Waals surface area contributed by atoms with E-state index in [1.54, 1.807) is 37.3 Å². The third kappa shape index (κ3) is 2.91. The fraction of sp³-hybridized carbons (Fsp3) is 0.133. The van der Waals surface area contributed by atoms with Crippen molar-refractivity contribution in [3.8, 4) is 5.75 Å². The SMILES string of the molecule is Cc1cccc(C(=O)OCc2ccccc2F)c1O. The summed E-state index contributed by atoms with van der Waals surface area (Å²) < 4.78 is 18.3. The van der Waals surface area contributed by atoms with Crippen molar-refractivity contribution in [3.05, 3.63) is 65.0 Å². The highest BCUT2D eigenvalue weighted by molar-refractivity contribution is 5.92. The van der Waals surface area contributed by atoms with Crippen LogP contribution in [0.15, 0.2) is 42.5 Å². The van der Waals surface area contributed by atoms with Crippen molar-refractivity contribution in [1.29, 1.82) is 0 Å². The van der Waals surface area contributed by atoms with Crippen molar-refractivity contribution in [2.75, 3.05) is 0 Å². The smallest absolute Gasteiger partial charge is 0.342 e. The highest BCUT2D eigenvalue weighted by Gasteiger charge is 2.14. The van der Waals surface area contributed by atoms with Crippen LogP contribution in [0.3, 0.4) is 0 Å². The Balaban J connectivity index is 2.10. The molecule has 4 heteroatoms. The summed E-state index contributed by atoms with van der Waals surface area (Å²) >= 11 is 0. The van der Waals surface area contributed by atoms with Gasteiger partial charge in [0.2, 0.25) is 0 Å². The molecule has 0 saturated carbocycles. The van der Waals surface area contributed by atoms with Crippen LogP contribution in [0.1, 0.15) is 21.5 Å². The first kappa shape index (κ1) is 13.1. The Morgan fingerprint density at radius 1 is 1.21 bits per heavy atom. The van der Waals surface area contributed by atoms with Gasteiger partial charge in [-0.25, -0.2) is 9.18 Å². The summed E-state index contributed by atoms with van der Waals surface area (Å²) in [6.07, 6.45) is 0. The molecule has 0 bridgehead atoms. The molecule has 2 aromatic carbocycles. The van der Waals surface area contributed by atoms with Crippen LogP contribution in [0.4, 0.5) is 4.39 Å². The number of benzene rings is 2. The van der Waals surface area contributed by atoms with Crippen molar-refractivity contribution in [2.45, 2.75) is 13.5 Å². The number of esters is 1. The molecular formula is C15H13FO3. The predicted molar refractivity (Wildman–Crippen MR) is 68.4 cm³/mol. The van der Waals surface area contributed by atoms with E-state index in [2.05, 4.69) is 0 Å². The van der Waals surface area contributed by atoms with E-state index in [9.17, 15) is 14.3 Å². The van der Waals surface area contributed by atoms with Crippen LogP contribution in [0.2, 0.25) is 0 Å². The maximum atomic E-state index is 13.3. The molecule has 0 fully saturated rings. The lowest BCUT2D eigenvalue weighted by molar-refractivity contribution is 0.0465. The molecule has 0 saturated heterocycles. The Morgan fingerprint density at radius 2 is 1.95 bits per heavy atom. The standard InChI is InChI=1S/C15H13FO3/c1-10-5-4-7-12(14(10)17)15(18)19-9-11-6-2-3-8-13(11)16/h2-8,17H,9H2,1H3. The number of aromatic hydroxyl groups is 1. The number of ether oxygens (including phenoxy) is 1. The van der Waals surface area contributed by atoms with Crippen LogP contribution in [-0.4, -0.2) is 11.1 Å². The van der Waals surface area contributed by atoms with Gasteiger partial charge in [0, 0.05) is 5.56 Å². The quantitative estimate of drug-likeness (QED) is 0.862. The number of phenols is 1. The molecule has 0 heterocycles. The van der Waals surface area contributed by atoms with Gasteiger partial charge in [-0.2, -0.15) is 0 Å². The minimum atomic E-state index is -0.676. The molecule has 0 aliphatic heterocycles. The summed E-state index contributed by atoms with van der Waals surface area (Å²) in [5.41, 5.74) is 0.958. The third-order valence-corrected chi connectivity index (χ3v) is 2.77. The lowest BCUT2D eigenvalue weighted by Crippen LogP contribution is -2.06. The minimum Gasteiger partial charge on any atom is -0.507 e. The van der Waals surface area contributed by atoms with Crippen LogP contribution in [0.25, 0.3) is 0 Å². The van der Waals surface area contributed by atoms with Gasteiger partial charge in [0.25, 0.3) is 0 Å². The Labute approximate surface area is 110 Å². The van der Waals surface area contributed by atoms with E-state index in [1.807, 2.05) is 0 Å². The van der Waals surface area contributed by atoms with Crippen LogP contribution < -0.4 is 0 Å². The molecule has 2 aromatic rings. The van der Waals surface area contributed by atoms with Gasteiger partial charge in [0.15, 0.2) is 0 Å². The first-order chi connectivity index (χ1) is 9.09. The van der Waals surface area contributed by atoms with Crippen molar-refractivity contribution in [3.63, 3.8) is 0 Å². The molecule has 2 rings (SSSR count). The first-order valence-corrected chi connectivity index (χ1v) is 5.78. The van der Waals surface area contributed by atoms with E-state index in [1.165, 1.54) is 12.1 Å². The zero-order valence-corrected chi connectivity index (χ0v) is 10.4. The van der Waals surface area contributed by atoms with Crippen molar-refractivity contribution >= 4 is 5.97 Å². The van der Waals surface area contributed by atoms with Crippen LogP contribution in [-0.2, 0) is 11.3 Å². The predicted octanol–water partition coefficient (Wildman–Crippen LogP) is 3.20. The van der Waals surface area contributed by atoms with Crippen molar-refractivity contribution < 1.29 is 19.0 Å². The second kappa shape index (κ2) is 5.52. The topological polar surface area (TPSA) is 46.5 Å². The molecule has 0 aliphatic carbocycles. The molecular weight excluding hydrogens is 247 g/mol. The lowest BCUT2D eigenvalue weighted by atomic mass is 10.1. The highest BCUT2D eigenvalue weighted by Crippen LogP contribution is 2.22. The minimum absolute atomic E-state index is 0.0799. The van der Waals surface area contributed by atoms with Gasteiger partial charge >= 0.3 is 5.97 Å². The summed E-state index contributed by atoms with van der Waals surface area (Å²) in [7, 11) is 0. The number of halogens is 1. The Morgan fingerprint density at radius 3 is 2.68 bits per heavy atom.